The van der Waals surface area contributed by atoms with Crippen molar-refractivity contribution in [1.82, 2.24) is 46.0 Å². The van der Waals surface area contributed by atoms with Crippen LogP contribution in [-0.2, 0) is 11.0 Å². The molecular formula is C30H37N9. The van der Waals surface area contributed by atoms with Gasteiger partial charge < -0.3 is 0 Å². The number of allylic oxidation sites excluding steroid dienone is 3. The van der Waals surface area contributed by atoms with E-state index < -0.39 is 11.0 Å². The smallest absolute Gasteiger partial charge is 0.118 e. The highest BCUT2D eigenvalue weighted by atomic mass is 15.9. The molecule has 2 aliphatic rings. The SMILES string of the molecule is C=C1C=CC=CC1C1(c2cccc3[nH]nnc23)N(C)N(C)N(C)C(C)C1(CCCC)c1cccc2[nH]nnc12. The second-order valence-electron chi connectivity index (χ2n) is 10.9. The first-order chi connectivity index (χ1) is 18.9. The van der Waals surface area contributed by atoms with E-state index in [2.05, 4.69) is 142 Å². The molecule has 0 radical (unpaired) electrons. The van der Waals surface area contributed by atoms with Crippen molar-refractivity contribution in [3.63, 3.8) is 0 Å². The summed E-state index contributed by atoms with van der Waals surface area (Å²) >= 11 is 0. The van der Waals surface area contributed by atoms with E-state index >= 15 is 0 Å². The van der Waals surface area contributed by atoms with Crippen LogP contribution in [-0.4, -0.2) is 73.1 Å². The fourth-order valence-corrected chi connectivity index (χ4v) is 7.50. The lowest BCUT2D eigenvalue weighted by molar-refractivity contribution is -0.294. The maximum Gasteiger partial charge on any atom is 0.118 e. The Bertz CT molecular complexity index is 1580. The van der Waals surface area contributed by atoms with Crippen molar-refractivity contribution in [2.75, 3.05) is 21.1 Å². The summed E-state index contributed by atoms with van der Waals surface area (Å²) in [5, 5.41) is 31.1. The summed E-state index contributed by atoms with van der Waals surface area (Å²) in [6, 6.07) is 12.9. The number of benzene rings is 2. The standard InChI is InChI=1S/C30H37N9/c1-7-8-19-29(23-15-11-17-25-27(23)33-35-31-25)21(3)37(4)39(6)38(5)30(29,22-14-10-9-13-20(22)2)24-16-12-18-26-28(24)34-36-32-26/h9-18,21-22H,2,7-8,19H2,1,3-6H3,(H,31,33,35)(H,32,34,36). The van der Waals surface area contributed by atoms with Crippen LogP contribution in [0.4, 0.5) is 0 Å². The molecule has 0 spiro atoms. The average Bonchev–Trinajstić information content (AvgIpc) is 3.64. The number of hydrogen-bond acceptors (Lipinski definition) is 7. The van der Waals surface area contributed by atoms with E-state index in [1.165, 1.54) is 5.56 Å². The minimum Gasteiger partial charge on any atom is -0.258 e. The molecule has 39 heavy (non-hydrogen) atoms. The Balaban J connectivity index is 1.84. The largest absolute Gasteiger partial charge is 0.258 e. The van der Waals surface area contributed by atoms with Gasteiger partial charge in [-0.2, -0.15) is 5.12 Å². The molecule has 0 amide bonds. The number of hydrogen-bond donors (Lipinski definition) is 2. The Morgan fingerprint density at radius 1 is 0.923 bits per heavy atom. The second-order valence-corrected chi connectivity index (χ2v) is 10.9. The normalized spacial score (nSPS) is 28.7. The molecule has 2 aromatic heterocycles. The van der Waals surface area contributed by atoms with Gasteiger partial charge in [0.2, 0.25) is 0 Å². The monoisotopic (exact) mass is 523 g/mol. The van der Waals surface area contributed by atoms with Crippen molar-refractivity contribution in [2.45, 2.75) is 50.1 Å². The van der Waals surface area contributed by atoms with Crippen molar-refractivity contribution in [2.24, 2.45) is 5.92 Å². The third kappa shape index (κ3) is 3.36. The minimum atomic E-state index is -0.648. The van der Waals surface area contributed by atoms with Crippen LogP contribution in [0.25, 0.3) is 22.1 Å². The molecule has 1 aliphatic heterocycles. The molecule has 9 heteroatoms. The molecule has 6 rings (SSSR count). The van der Waals surface area contributed by atoms with E-state index in [-0.39, 0.29) is 12.0 Å². The number of rotatable bonds is 6. The highest BCUT2D eigenvalue weighted by molar-refractivity contribution is 5.82. The molecule has 0 bridgehead atoms. The zero-order valence-electron chi connectivity index (χ0n) is 23.4. The van der Waals surface area contributed by atoms with Crippen molar-refractivity contribution in [3.8, 4) is 0 Å². The summed E-state index contributed by atoms with van der Waals surface area (Å²) < 4.78 is 0. The summed E-state index contributed by atoms with van der Waals surface area (Å²) in [6.45, 7) is 9.24. The van der Waals surface area contributed by atoms with Gasteiger partial charge in [-0.05, 0) is 36.6 Å². The lowest BCUT2D eigenvalue weighted by Gasteiger charge is -2.69. The molecule has 2 N–H and O–H groups in total. The fourth-order valence-electron chi connectivity index (χ4n) is 7.50. The van der Waals surface area contributed by atoms with Gasteiger partial charge in [-0.1, -0.05) is 85.3 Å². The number of likely N-dealkylation sites (N-methyl/N-ethyl adjacent to an activating group) is 2. The van der Waals surface area contributed by atoms with E-state index in [0.29, 0.717) is 0 Å². The molecule has 1 saturated heterocycles. The average molecular weight is 524 g/mol. The first-order valence-electron chi connectivity index (χ1n) is 13.7. The van der Waals surface area contributed by atoms with E-state index in [1.807, 2.05) is 6.07 Å². The van der Waals surface area contributed by atoms with E-state index in [9.17, 15) is 0 Å². The predicted octanol–water partition coefficient (Wildman–Crippen LogP) is 4.88. The molecule has 9 nitrogen and oxygen atoms in total. The van der Waals surface area contributed by atoms with Crippen LogP contribution in [0, 0.1) is 5.92 Å². The van der Waals surface area contributed by atoms with Gasteiger partial charge in [-0.25, -0.2) is 10.0 Å². The molecule has 1 aliphatic carbocycles. The number of H-pyrrole nitrogens is 2. The molecule has 4 atom stereocenters. The Hall–Kier alpha value is -3.66. The highest BCUT2D eigenvalue weighted by Gasteiger charge is 2.67. The number of hydrazine groups is 2. The van der Waals surface area contributed by atoms with Gasteiger partial charge in [0.25, 0.3) is 0 Å². The zero-order valence-corrected chi connectivity index (χ0v) is 23.4. The molecule has 4 aromatic rings. The maximum absolute atomic E-state index is 4.68. The molecular weight excluding hydrogens is 486 g/mol. The summed E-state index contributed by atoms with van der Waals surface area (Å²) in [7, 11) is 6.51. The van der Waals surface area contributed by atoms with Crippen LogP contribution >= 0.6 is 0 Å². The number of unbranched alkanes of at least 4 members (excludes halogenated alkanes) is 1. The lowest BCUT2D eigenvalue weighted by Crippen LogP contribution is -2.78. The highest BCUT2D eigenvalue weighted by Crippen LogP contribution is 2.62. The van der Waals surface area contributed by atoms with Crippen molar-refractivity contribution in [1.29, 1.82) is 0 Å². The lowest BCUT2D eigenvalue weighted by atomic mass is 9.50. The third-order valence-electron chi connectivity index (χ3n) is 9.46. The van der Waals surface area contributed by atoms with Gasteiger partial charge in [-0.3, -0.25) is 10.2 Å². The van der Waals surface area contributed by atoms with Gasteiger partial charge >= 0.3 is 0 Å². The van der Waals surface area contributed by atoms with Crippen LogP contribution < -0.4 is 0 Å². The van der Waals surface area contributed by atoms with E-state index in [1.54, 1.807) is 0 Å². The van der Waals surface area contributed by atoms with Gasteiger partial charge in [0.05, 0.1) is 16.6 Å². The summed E-state index contributed by atoms with van der Waals surface area (Å²) in [4.78, 5) is 0. The number of aromatic amines is 2. The molecule has 3 heterocycles. The Labute approximate surface area is 229 Å². The van der Waals surface area contributed by atoms with Gasteiger partial charge in [-0.15, -0.1) is 10.2 Å². The van der Waals surface area contributed by atoms with E-state index in [0.717, 1.165) is 52.5 Å². The summed E-state index contributed by atoms with van der Waals surface area (Å²) in [5.74, 6) is -0.0626. The van der Waals surface area contributed by atoms with E-state index in [4.69, 9.17) is 0 Å². The Morgan fingerprint density at radius 2 is 1.56 bits per heavy atom. The first kappa shape index (κ1) is 25.6. The maximum atomic E-state index is 4.68. The molecule has 2 aromatic carbocycles. The van der Waals surface area contributed by atoms with Gasteiger partial charge in [0, 0.05) is 44.1 Å². The van der Waals surface area contributed by atoms with Crippen LogP contribution in [0.2, 0.25) is 0 Å². The number of nitrogens with zero attached hydrogens (tertiary/aromatic N) is 7. The van der Waals surface area contributed by atoms with Crippen molar-refractivity contribution < 1.29 is 0 Å². The van der Waals surface area contributed by atoms with Crippen molar-refractivity contribution >= 4 is 22.1 Å². The summed E-state index contributed by atoms with van der Waals surface area (Å²) in [6.07, 6.45) is 11.7. The van der Waals surface area contributed by atoms with Crippen LogP contribution in [0.1, 0.15) is 44.2 Å². The fraction of sp³-hybridized carbons (Fsp3) is 0.400. The second kappa shape index (κ2) is 9.51. The van der Waals surface area contributed by atoms with Crippen LogP contribution in [0.5, 0.6) is 0 Å². The number of aromatic nitrogens is 6. The van der Waals surface area contributed by atoms with Crippen LogP contribution in [0.15, 0.2) is 72.9 Å². The predicted molar refractivity (Wildman–Crippen MR) is 154 cm³/mol. The van der Waals surface area contributed by atoms with Gasteiger partial charge in [0.1, 0.15) is 11.0 Å². The topological polar surface area (TPSA) is 92.9 Å². The first-order valence-corrected chi connectivity index (χ1v) is 13.7. The minimum absolute atomic E-state index is 0.0626. The summed E-state index contributed by atoms with van der Waals surface area (Å²) in [5.41, 5.74) is 5.87. The van der Waals surface area contributed by atoms with Crippen molar-refractivity contribution in [3.05, 3.63) is 84.0 Å². The molecule has 1 fully saturated rings. The Kier molecular flexibility index (Phi) is 6.25. The Morgan fingerprint density at radius 3 is 2.21 bits per heavy atom. The molecule has 202 valence electrons. The quantitative estimate of drug-likeness (QED) is 0.372. The number of nitrogens with one attached hydrogen (secondary N) is 2. The zero-order chi connectivity index (χ0) is 27.4. The van der Waals surface area contributed by atoms with Crippen LogP contribution in [0.3, 0.4) is 0 Å². The molecule has 0 saturated carbocycles. The molecule has 4 unspecified atom stereocenters. The third-order valence-corrected chi connectivity index (χ3v) is 9.46. The number of fused-ring (bicyclic) bond motifs is 2. The van der Waals surface area contributed by atoms with Gasteiger partial charge in [0.15, 0.2) is 0 Å².